The van der Waals surface area contributed by atoms with Crippen LogP contribution in [-0.2, 0) is 13.1 Å². The molecule has 0 fully saturated rings. The fourth-order valence-electron chi connectivity index (χ4n) is 3.74. The monoisotopic (exact) mass is 387 g/mol. The van der Waals surface area contributed by atoms with Gasteiger partial charge in [0, 0.05) is 17.3 Å². The van der Waals surface area contributed by atoms with Gasteiger partial charge < -0.3 is 4.57 Å². The first-order valence-electron chi connectivity index (χ1n) is 9.16. The highest BCUT2D eigenvalue weighted by Gasteiger charge is 2.18. The van der Waals surface area contributed by atoms with E-state index in [4.69, 9.17) is 0 Å². The van der Waals surface area contributed by atoms with Gasteiger partial charge in [0.25, 0.3) is 5.56 Å². The van der Waals surface area contributed by atoms with Crippen LogP contribution in [0.4, 0.5) is 8.78 Å². The summed E-state index contributed by atoms with van der Waals surface area (Å²) in [5.74, 6) is -1.39. The maximum atomic E-state index is 15.0. The second-order valence-electron chi connectivity index (χ2n) is 6.94. The molecule has 0 amide bonds. The Bertz CT molecular complexity index is 1340. The molecule has 0 bridgehead atoms. The van der Waals surface area contributed by atoms with Crippen LogP contribution in [0.5, 0.6) is 0 Å². The SMILES string of the molecule is O=c1cnc2ccccc2n1Cc1c(F)cc(-c2cccc3c2C=NC3)cc1F. The van der Waals surface area contributed by atoms with E-state index in [9.17, 15) is 13.6 Å². The lowest BCUT2D eigenvalue weighted by molar-refractivity contribution is 0.545. The molecule has 1 aliphatic heterocycles. The van der Waals surface area contributed by atoms with E-state index in [2.05, 4.69) is 9.98 Å². The smallest absolute Gasteiger partial charge is 0.269 e. The zero-order valence-corrected chi connectivity index (χ0v) is 15.3. The molecule has 0 aliphatic carbocycles. The number of hydrogen-bond donors (Lipinski definition) is 0. The van der Waals surface area contributed by atoms with E-state index in [1.165, 1.54) is 22.9 Å². The Hall–Kier alpha value is -3.67. The molecule has 0 saturated heterocycles. The molecule has 1 aliphatic rings. The average molecular weight is 387 g/mol. The lowest BCUT2D eigenvalue weighted by Crippen LogP contribution is -2.22. The third-order valence-corrected chi connectivity index (χ3v) is 5.20. The van der Waals surface area contributed by atoms with Crippen molar-refractivity contribution in [1.82, 2.24) is 9.55 Å². The Morgan fingerprint density at radius 3 is 2.62 bits per heavy atom. The van der Waals surface area contributed by atoms with Crippen molar-refractivity contribution in [3.8, 4) is 11.1 Å². The molecule has 0 unspecified atom stereocenters. The topological polar surface area (TPSA) is 47.2 Å². The number of para-hydroxylation sites is 2. The lowest BCUT2D eigenvalue weighted by Gasteiger charge is -2.13. The molecule has 0 N–H and O–H groups in total. The molecule has 0 spiro atoms. The molecule has 29 heavy (non-hydrogen) atoms. The number of halogens is 2. The van der Waals surface area contributed by atoms with Crippen LogP contribution in [0.2, 0.25) is 0 Å². The van der Waals surface area contributed by atoms with Crippen molar-refractivity contribution in [3.63, 3.8) is 0 Å². The molecular weight excluding hydrogens is 372 g/mol. The van der Waals surface area contributed by atoms with Crippen LogP contribution in [0.3, 0.4) is 0 Å². The molecule has 0 radical (unpaired) electrons. The van der Waals surface area contributed by atoms with Gasteiger partial charge in [-0.2, -0.15) is 0 Å². The molecule has 6 heteroatoms. The van der Waals surface area contributed by atoms with Crippen LogP contribution >= 0.6 is 0 Å². The third-order valence-electron chi connectivity index (χ3n) is 5.20. The number of fused-ring (bicyclic) bond motifs is 2. The van der Waals surface area contributed by atoms with Crippen LogP contribution in [-0.4, -0.2) is 15.8 Å². The molecule has 2 heterocycles. The summed E-state index contributed by atoms with van der Waals surface area (Å²) in [6, 6.07) is 15.3. The Kier molecular flexibility index (Phi) is 4.05. The van der Waals surface area contributed by atoms with Gasteiger partial charge in [-0.15, -0.1) is 0 Å². The van der Waals surface area contributed by atoms with Crippen molar-refractivity contribution in [2.75, 3.05) is 0 Å². The number of rotatable bonds is 3. The van der Waals surface area contributed by atoms with Gasteiger partial charge in [-0.3, -0.25) is 9.79 Å². The van der Waals surface area contributed by atoms with E-state index in [0.717, 1.165) is 16.7 Å². The normalized spacial score (nSPS) is 12.5. The standard InChI is InChI=1S/C23H15F2N3O/c24-19-8-15(16-5-3-4-14-10-26-11-17(14)16)9-20(25)18(19)13-28-22-7-2-1-6-21(22)27-12-23(28)29/h1-9,11-12H,10,13H2. The van der Waals surface area contributed by atoms with Crippen molar-refractivity contribution in [2.45, 2.75) is 13.1 Å². The Morgan fingerprint density at radius 2 is 1.79 bits per heavy atom. The summed E-state index contributed by atoms with van der Waals surface area (Å²) in [7, 11) is 0. The molecule has 5 rings (SSSR count). The molecule has 4 aromatic rings. The van der Waals surface area contributed by atoms with Gasteiger partial charge in [-0.25, -0.2) is 13.8 Å². The minimum Gasteiger partial charge on any atom is -0.301 e. The molecule has 142 valence electrons. The third kappa shape index (κ3) is 2.93. The number of nitrogens with zero attached hydrogens (tertiary/aromatic N) is 3. The summed E-state index contributed by atoms with van der Waals surface area (Å²) in [5, 5.41) is 0. The summed E-state index contributed by atoms with van der Waals surface area (Å²) >= 11 is 0. The number of aromatic nitrogens is 2. The lowest BCUT2D eigenvalue weighted by atomic mass is 9.96. The molecule has 1 aromatic heterocycles. The second kappa shape index (κ2) is 6.74. The predicted molar refractivity (Wildman–Crippen MR) is 108 cm³/mol. The van der Waals surface area contributed by atoms with Crippen molar-refractivity contribution in [1.29, 1.82) is 0 Å². The fraction of sp³-hybridized carbons (Fsp3) is 0.0870. The van der Waals surface area contributed by atoms with E-state index in [1.54, 1.807) is 30.5 Å². The maximum absolute atomic E-state index is 15.0. The number of hydrogen-bond acceptors (Lipinski definition) is 3. The van der Waals surface area contributed by atoms with E-state index < -0.39 is 17.2 Å². The average Bonchev–Trinajstić information content (AvgIpc) is 3.21. The zero-order valence-electron chi connectivity index (χ0n) is 15.3. The van der Waals surface area contributed by atoms with E-state index in [1.807, 2.05) is 18.2 Å². The van der Waals surface area contributed by atoms with Crippen molar-refractivity contribution < 1.29 is 8.78 Å². The van der Waals surface area contributed by atoms with E-state index in [0.29, 0.717) is 23.1 Å². The quantitative estimate of drug-likeness (QED) is 0.526. The van der Waals surface area contributed by atoms with Crippen LogP contribution in [0.25, 0.3) is 22.2 Å². The summed E-state index contributed by atoms with van der Waals surface area (Å²) in [6.45, 7) is 0.360. The fourth-order valence-corrected chi connectivity index (χ4v) is 3.74. The van der Waals surface area contributed by atoms with Gasteiger partial charge in [0.05, 0.1) is 30.3 Å². The summed E-state index contributed by atoms with van der Waals surface area (Å²) in [5.41, 5.74) is 3.64. The Morgan fingerprint density at radius 1 is 1.00 bits per heavy atom. The molecular formula is C23H15F2N3O. The minimum atomic E-state index is -0.694. The number of aliphatic imine (C=N–C) groups is 1. The number of benzene rings is 3. The predicted octanol–water partition coefficient (Wildman–Crippen LogP) is 4.32. The highest BCUT2D eigenvalue weighted by atomic mass is 19.1. The van der Waals surface area contributed by atoms with Gasteiger partial charge in [0.2, 0.25) is 0 Å². The minimum absolute atomic E-state index is 0.159. The van der Waals surface area contributed by atoms with Gasteiger partial charge in [0.15, 0.2) is 0 Å². The summed E-state index contributed by atoms with van der Waals surface area (Å²) in [4.78, 5) is 20.6. The van der Waals surface area contributed by atoms with E-state index in [-0.39, 0.29) is 12.1 Å². The summed E-state index contributed by atoms with van der Waals surface area (Å²) in [6.07, 6.45) is 2.90. The van der Waals surface area contributed by atoms with E-state index >= 15 is 0 Å². The zero-order chi connectivity index (χ0) is 20.0. The van der Waals surface area contributed by atoms with Crippen molar-refractivity contribution in [3.05, 3.63) is 99.5 Å². The van der Waals surface area contributed by atoms with Gasteiger partial charge in [-0.05, 0) is 41.0 Å². The van der Waals surface area contributed by atoms with Crippen molar-refractivity contribution >= 4 is 17.2 Å². The second-order valence-corrected chi connectivity index (χ2v) is 6.94. The van der Waals surface area contributed by atoms with Crippen LogP contribution < -0.4 is 5.56 Å². The Balaban J connectivity index is 1.61. The van der Waals surface area contributed by atoms with Crippen LogP contribution in [0, 0.1) is 11.6 Å². The molecule has 0 saturated carbocycles. The molecule has 0 atom stereocenters. The first-order chi connectivity index (χ1) is 14.1. The van der Waals surface area contributed by atoms with Gasteiger partial charge >= 0.3 is 0 Å². The Labute approximate surface area is 164 Å². The summed E-state index contributed by atoms with van der Waals surface area (Å²) < 4.78 is 31.3. The van der Waals surface area contributed by atoms with Crippen LogP contribution in [0.1, 0.15) is 16.7 Å². The first kappa shape index (κ1) is 17.4. The largest absolute Gasteiger partial charge is 0.301 e. The highest BCUT2D eigenvalue weighted by molar-refractivity contribution is 5.94. The molecule has 4 nitrogen and oxygen atoms in total. The van der Waals surface area contributed by atoms with Gasteiger partial charge in [-0.1, -0.05) is 30.3 Å². The van der Waals surface area contributed by atoms with Gasteiger partial charge in [0.1, 0.15) is 11.6 Å². The van der Waals surface area contributed by atoms with Crippen molar-refractivity contribution in [2.24, 2.45) is 4.99 Å². The van der Waals surface area contributed by atoms with Crippen LogP contribution in [0.15, 0.2) is 70.6 Å². The first-order valence-corrected chi connectivity index (χ1v) is 9.16. The molecule has 3 aromatic carbocycles. The maximum Gasteiger partial charge on any atom is 0.269 e. The highest BCUT2D eigenvalue weighted by Crippen LogP contribution is 2.31.